The minimum atomic E-state index is -0.554. The van der Waals surface area contributed by atoms with E-state index < -0.39 is 16.5 Å². The Morgan fingerprint density at radius 2 is 1.65 bits per heavy atom. The zero-order valence-electron chi connectivity index (χ0n) is 11.4. The van der Waals surface area contributed by atoms with Gasteiger partial charge in [-0.1, -0.05) is 39.7 Å². The van der Waals surface area contributed by atoms with Gasteiger partial charge < -0.3 is 0 Å². The summed E-state index contributed by atoms with van der Waals surface area (Å²) in [4.78, 5) is -0.543. The summed E-state index contributed by atoms with van der Waals surface area (Å²) in [6, 6.07) is 6.40. The Bertz CT molecular complexity index is 668. The maximum absolute atomic E-state index is 14.2. The fourth-order valence-corrected chi connectivity index (χ4v) is 3.27. The summed E-state index contributed by atoms with van der Waals surface area (Å²) in [6.45, 7) is 5.37. The zero-order valence-corrected chi connectivity index (χ0v) is 13.7. The smallest absolute Gasteiger partial charge is 0.133 e. The van der Waals surface area contributed by atoms with Gasteiger partial charge in [0.25, 0.3) is 0 Å². The molecular weight excluding hydrogens is 346 g/mol. The topological polar surface area (TPSA) is 0 Å². The van der Waals surface area contributed by atoms with Crippen LogP contribution >= 0.6 is 27.5 Å². The number of aryl methyl sites for hydroxylation is 3. The molecule has 0 nitrogen and oxygen atoms in total. The molecule has 0 aromatic heterocycles. The molecule has 2 aromatic rings. The van der Waals surface area contributed by atoms with Crippen molar-refractivity contribution in [1.82, 2.24) is 0 Å². The number of benzene rings is 2. The van der Waals surface area contributed by atoms with Gasteiger partial charge in [-0.15, -0.1) is 0 Å². The van der Waals surface area contributed by atoms with Gasteiger partial charge in [0.2, 0.25) is 0 Å². The van der Waals surface area contributed by atoms with Crippen LogP contribution in [0.1, 0.15) is 32.6 Å². The normalized spacial score (nSPS) is 12.6. The van der Waals surface area contributed by atoms with Crippen LogP contribution in [0, 0.1) is 32.4 Å². The van der Waals surface area contributed by atoms with E-state index >= 15 is 0 Å². The molecule has 0 aliphatic rings. The van der Waals surface area contributed by atoms with Gasteiger partial charge in [0.15, 0.2) is 0 Å². The van der Waals surface area contributed by atoms with Gasteiger partial charge in [0, 0.05) is 10.6 Å². The van der Waals surface area contributed by atoms with Crippen LogP contribution in [0.2, 0.25) is 5.02 Å². The van der Waals surface area contributed by atoms with Gasteiger partial charge in [-0.25, -0.2) is 8.78 Å². The Kier molecular flexibility index (Phi) is 4.50. The van der Waals surface area contributed by atoms with Gasteiger partial charge in [-0.05, 0) is 55.2 Å². The molecular formula is C16H14BrClF2. The zero-order chi connectivity index (χ0) is 15.0. The van der Waals surface area contributed by atoms with Gasteiger partial charge in [0.1, 0.15) is 11.6 Å². The Labute approximate surface area is 130 Å². The Balaban J connectivity index is 2.60. The molecule has 1 unspecified atom stereocenters. The van der Waals surface area contributed by atoms with E-state index in [1.54, 1.807) is 6.92 Å². The molecule has 2 aromatic carbocycles. The number of rotatable bonds is 2. The quantitative estimate of drug-likeness (QED) is 0.574. The van der Waals surface area contributed by atoms with E-state index in [0.717, 1.165) is 16.7 Å². The molecule has 0 N–H and O–H groups in total. The molecule has 0 fully saturated rings. The highest BCUT2D eigenvalue weighted by Crippen LogP contribution is 2.38. The van der Waals surface area contributed by atoms with Crippen LogP contribution in [0.5, 0.6) is 0 Å². The van der Waals surface area contributed by atoms with Crippen molar-refractivity contribution in [1.29, 1.82) is 0 Å². The lowest BCUT2D eigenvalue weighted by Crippen LogP contribution is -2.04. The minimum Gasteiger partial charge on any atom is -0.207 e. The highest BCUT2D eigenvalue weighted by molar-refractivity contribution is 9.09. The van der Waals surface area contributed by atoms with Crippen molar-refractivity contribution >= 4 is 27.5 Å². The number of hydrogen-bond acceptors (Lipinski definition) is 0. The standard InChI is InChI=1S/C16H14BrClF2/c1-8-4-5-13(19)14(16(8)20)15(17)11-6-10(3)12(18)7-9(11)2/h4-7,15H,1-3H3. The van der Waals surface area contributed by atoms with E-state index in [1.807, 2.05) is 26.0 Å². The predicted octanol–water partition coefficient (Wildman–Crippen LogP) is 6.03. The molecule has 2 rings (SSSR count). The molecule has 0 saturated carbocycles. The Hall–Kier alpha value is -0.930. The van der Waals surface area contributed by atoms with Crippen molar-refractivity contribution < 1.29 is 8.78 Å². The van der Waals surface area contributed by atoms with E-state index in [4.69, 9.17) is 11.6 Å². The monoisotopic (exact) mass is 358 g/mol. The molecule has 0 radical (unpaired) electrons. The molecule has 20 heavy (non-hydrogen) atoms. The summed E-state index contributed by atoms with van der Waals surface area (Å²) in [7, 11) is 0. The molecule has 1 atom stereocenters. The maximum Gasteiger partial charge on any atom is 0.133 e. The molecule has 0 saturated heterocycles. The summed E-state index contributed by atoms with van der Waals surface area (Å²) in [5.41, 5.74) is 3.05. The largest absolute Gasteiger partial charge is 0.207 e. The summed E-state index contributed by atoms with van der Waals surface area (Å²) in [5, 5.41) is 0.649. The highest BCUT2D eigenvalue weighted by Gasteiger charge is 2.22. The average molecular weight is 360 g/mol. The van der Waals surface area contributed by atoms with Crippen LogP contribution in [0.25, 0.3) is 0 Å². The second kappa shape index (κ2) is 5.82. The molecule has 0 aliphatic carbocycles. The van der Waals surface area contributed by atoms with Crippen molar-refractivity contribution in [2.24, 2.45) is 0 Å². The number of alkyl halides is 1. The first-order valence-corrected chi connectivity index (χ1v) is 7.47. The first-order chi connectivity index (χ1) is 9.32. The molecule has 0 spiro atoms. The average Bonchev–Trinajstić information content (AvgIpc) is 2.38. The summed E-state index contributed by atoms with van der Waals surface area (Å²) in [6.07, 6.45) is 0. The summed E-state index contributed by atoms with van der Waals surface area (Å²) < 4.78 is 28.2. The van der Waals surface area contributed by atoms with E-state index in [2.05, 4.69) is 15.9 Å². The van der Waals surface area contributed by atoms with Gasteiger partial charge >= 0.3 is 0 Å². The molecule has 0 bridgehead atoms. The van der Waals surface area contributed by atoms with Crippen LogP contribution < -0.4 is 0 Å². The fourth-order valence-electron chi connectivity index (χ4n) is 2.14. The van der Waals surface area contributed by atoms with Crippen molar-refractivity contribution in [2.75, 3.05) is 0 Å². The summed E-state index contributed by atoms with van der Waals surface area (Å²) >= 11 is 9.48. The lowest BCUT2D eigenvalue weighted by Gasteiger charge is -2.17. The van der Waals surface area contributed by atoms with Crippen molar-refractivity contribution in [3.63, 3.8) is 0 Å². The molecule has 106 valence electrons. The molecule has 4 heteroatoms. The molecule has 0 amide bonds. The van der Waals surface area contributed by atoms with E-state index in [-0.39, 0.29) is 5.56 Å². The van der Waals surface area contributed by atoms with Crippen LogP contribution in [0.4, 0.5) is 8.78 Å². The first kappa shape index (κ1) is 15.5. The van der Waals surface area contributed by atoms with Crippen LogP contribution in [0.3, 0.4) is 0 Å². The summed E-state index contributed by atoms with van der Waals surface area (Å²) in [5.74, 6) is -1.07. The van der Waals surface area contributed by atoms with E-state index in [9.17, 15) is 8.78 Å². The van der Waals surface area contributed by atoms with Gasteiger partial charge in [0.05, 0.1) is 4.83 Å². The van der Waals surface area contributed by atoms with Crippen LogP contribution in [-0.4, -0.2) is 0 Å². The van der Waals surface area contributed by atoms with E-state index in [1.165, 1.54) is 12.1 Å². The Morgan fingerprint density at radius 3 is 2.30 bits per heavy atom. The third kappa shape index (κ3) is 2.75. The molecule has 0 heterocycles. The lowest BCUT2D eigenvalue weighted by atomic mass is 9.96. The van der Waals surface area contributed by atoms with Crippen molar-refractivity contribution in [2.45, 2.75) is 25.6 Å². The third-order valence-corrected chi connectivity index (χ3v) is 4.75. The fraction of sp³-hybridized carbons (Fsp3) is 0.250. The van der Waals surface area contributed by atoms with Gasteiger partial charge in [-0.3, -0.25) is 0 Å². The van der Waals surface area contributed by atoms with Crippen LogP contribution in [0.15, 0.2) is 24.3 Å². The van der Waals surface area contributed by atoms with Gasteiger partial charge in [-0.2, -0.15) is 0 Å². The van der Waals surface area contributed by atoms with Crippen LogP contribution in [-0.2, 0) is 0 Å². The lowest BCUT2D eigenvalue weighted by molar-refractivity contribution is 0.555. The first-order valence-electron chi connectivity index (χ1n) is 6.18. The molecule has 0 aliphatic heterocycles. The third-order valence-electron chi connectivity index (χ3n) is 3.39. The minimum absolute atomic E-state index is 0.0369. The van der Waals surface area contributed by atoms with E-state index in [0.29, 0.717) is 10.6 Å². The maximum atomic E-state index is 14.2. The Morgan fingerprint density at radius 1 is 1.00 bits per heavy atom. The second-order valence-corrected chi connectivity index (χ2v) is 6.24. The number of hydrogen-bond donors (Lipinski definition) is 0. The SMILES string of the molecule is Cc1cc(C(Br)c2c(F)ccc(C)c2F)c(C)cc1Cl. The number of halogens is 4. The second-order valence-electron chi connectivity index (χ2n) is 4.91. The van der Waals surface area contributed by atoms with Crippen molar-refractivity contribution in [3.05, 3.63) is 68.7 Å². The highest BCUT2D eigenvalue weighted by atomic mass is 79.9. The van der Waals surface area contributed by atoms with Crippen molar-refractivity contribution in [3.8, 4) is 0 Å². The predicted molar refractivity (Wildman–Crippen MR) is 82.8 cm³/mol.